The SMILES string of the molecule is Cc1ccc(O[n+]2ccccc2)cc1.FC(F)(F)c1cc([B-](c2cc(C(F)(F)F)cc(C(F)(F)F)c2)(c2cc(C(F)(F)F)cc(C(F)(F)F)c2)c2cc(C(F)(F)F)cc(C(F)(F)F)c2)cc(C(F)(F)F)c1. The van der Waals surface area contributed by atoms with Crippen molar-refractivity contribution in [3.8, 4) is 5.75 Å². The number of alkyl halides is 24. The number of aryl methyl sites for hydroxylation is 1. The lowest BCUT2D eigenvalue weighted by molar-refractivity contribution is -0.875. The number of benzene rings is 5. The van der Waals surface area contributed by atoms with E-state index in [4.69, 9.17) is 4.84 Å². The molecule has 1 heterocycles. The Morgan fingerprint density at radius 2 is 0.521 bits per heavy atom. The average Bonchev–Trinajstić information content (AvgIpc) is 3.22. The van der Waals surface area contributed by atoms with Gasteiger partial charge < -0.3 is 0 Å². The molecule has 0 bridgehead atoms. The molecule has 0 aliphatic rings. The number of hydrogen-bond donors (Lipinski definition) is 0. The Hall–Kier alpha value is -6.57. The first-order valence-corrected chi connectivity index (χ1v) is 19.2. The van der Waals surface area contributed by atoms with Gasteiger partial charge in [0.2, 0.25) is 18.1 Å². The number of aromatic nitrogens is 1. The summed E-state index contributed by atoms with van der Waals surface area (Å²) in [5.74, 6) is 0.840. The second-order valence-electron chi connectivity index (χ2n) is 15.4. The molecule has 0 fully saturated rings. The second-order valence-corrected chi connectivity index (χ2v) is 15.4. The Kier molecular flexibility index (Phi) is 14.7. The van der Waals surface area contributed by atoms with Gasteiger partial charge in [-0.15, -0.1) is 0 Å². The third-order valence-corrected chi connectivity index (χ3v) is 10.4. The van der Waals surface area contributed by atoms with Crippen LogP contribution in [0.25, 0.3) is 0 Å². The maximum atomic E-state index is 14.2. The van der Waals surface area contributed by atoms with Gasteiger partial charge in [-0.25, -0.2) is 4.84 Å². The van der Waals surface area contributed by atoms with Gasteiger partial charge in [-0.1, -0.05) is 72.3 Å². The van der Waals surface area contributed by atoms with E-state index in [9.17, 15) is 105 Å². The Morgan fingerprint density at radius 1 is 0.310 bits per heavy atom. The standard InChI is InChI=1S/C32H12BF24.C12H12NO/c34-25(35,36)13-1-14(26(37,38)39)6-21(5-13)33(22-7-15(27(40,41)42)2-16(8-22)28(43,44)45,23-9-17(29(46,47)48)3-18(10-23)30(49,50)51)24-11-19(31(52,53)54)4-20(12-24)32(55,56)57;1-11-5-7-12(8-6-11)14-13-9-3-2-4-10-13/h1-12H;2-10H,1H3/q-1;+1. The van der Waals surface area contributed by atoms with Crippen molar-refractivity contribution in [3.05, 3.63) is 178 Å². The first-order chi connectivity index (χ1) is 32.1. The second kappa shape index (κ2) is 18.9. The van der Waals surface area contributed by atoms with Crippen molar-refractivity contribution in [2.45, 2.75) is 56.3 Å². The number of rotatable bonds is 6. The summed E-state index contributed by atoms with van der Waals surface area (Å²) >= 11 is 0. The van der Waals surface area contributed by atoms with Gasteiger partial charge in [0.25, 0.3) is 0 Å². The summed E-state index contributed by atoms with van der Waals surface area (Å²) in [7, 11) is 0. The highest BCUT2D eigenvalue weighted by molar-refractivity contribution is 7.20. The van der Waals surface area contributed by atoms with Crippen molar-refractivity contribution >= 4 is 28.0 Å². The maximum absolute atomic E-state index is 14.2. The molecule has 0 unspecified atom stereocenters. The van der Waals surface area contributed by atoms with E-state index in [1.54, 1.807) is 4.73 Å². The maximum Gasteiger partial charge on any atom is 0.416 e. The van der Waals surface area contributed by atoms with E-state index in [0.717, 1.165) is 5.75 Å². The molecule has 0 radical (unpaired) electrons. The quantitative estimate of drug-likeness (QED) is 0.0920. The third-order valence-electron chi connectivity index (χ3n) is 10.4. The molecule has 0 amide bonds. The van der Waals surface area contributed by atoms with E-state index in [1.165, 1.54) is 5.56 Å². The highest BCUT2D eigenvalue weighted by Crippen LogP contribution is 2.41. The van der Waals surface area contributed by atoms with Crippen molar-refractivity contribution in [1.82, 2.24) is 0 Å². The van der Waals surface area contributed by atoms with Crippen LogP contribution in [-0.2, 0) is 49.4 Å². The molecule has 382 valence electrons. The summed E-state index contributed by atoms with van der Waals surface area (Å²) < 4.78 is 342. The van der Waals surface area contributed by atoms with Crippen LogP contribution in [-0.4, -0.2) is 6.15 Å². The van der Waals surface area contributed by atoms with Gasteiger partial charge in [0, 0.05) is 16.9 Å². The van der Waals surface area contributed by atoms with Crippen molar-refractivity contribution in [1.29, 1.82) is 0 Å². The molecule has 6 rings (SSSR count). The number of hydrogen-bond acceptors (Lipinski definition) is 1. The van der Waals surface area contributed by atoms with Crippen LogP contribution < -0.4 is 31.4 Å². The molecule has 0 saturated heterocycles. The average molecular weight is 1050 g/mol. The fourth-order valence-corrected chi connectivity index (χ4v) is 7.24. The monoisotopic (exact) mass is 1050 g/mol. The highest BCUT2D eigenvalue weighted by Gasteiger charge is 2.47. The molecule has 0 N–H and O–H groups in total. The normalized spacial score (nSPS) is 13.4. The minimum absolute atomic E-state index is 0.691. The molecule has 1 aromatic heterocycles. The topological polar surface area (TPSA) is 13.1 Å². The number of halogens is 24. The summed E-state index contributed by atoms with van der Waals surface area (Å²) in [4.78, 5) is 5.55. The van der Waals surface area contributed by atoms with Crippen LogP contribution in [0.15, 0.2) is 128 Å². The fraction of sp³-hybridized carbons (Fsp3) is 0.205. The fourth-order valence-electron chi connectivity index (χ4n) is 7.24. The minimum Gasteiger partial charge on any atom is -0.232 e. The van der Waals surface area contributed by atoms with Crippen LogP contribution in [0.1, 0.15) is 50.1 Å². The van der Waals surface area contributed by atoms with Gasteiger partial charge in [-0.05, 0) is 43.3 Å². The lowest BCUT2D eigenvalue weighted by Gasteiger charge is -2.46. The summed E-state index contributed by atoms with van der Waals surface area (Å²) in [6.45, 7) is 2.06. The zero-order valence-corrected chi connectivity index (χ0v) is 34.6. The first-order valence-electron chi connectivity index (χ1n) is 19.2. The summed E-state index contributed by atoms with van der Waals surface area (Å²) in [6, 6.07) is 4.95. The number of pyridine rings is 1. The molecule has 0 spiro atoms. The molecule has 2 nitrogen and oxygen atoms in total. The van der Waals surface area contributed by atoms with E-state index >= 15 is 0 Å². The van der Waals surface area contributed by atoms with Crippen LogP contribution in [0, 0.1) is 6.92 Å². The van der Waals surface area contributed by atoms with Crippen molar-refractivity contribution < 1.29 is 115 Å². The molecular formula is C44H24BF24NO. The van der Waals surface area contributed by atoms with Gasteiger partial charge in [0.05, 0.1) is 44.5 Å². The number of nitrogens with zero attached hydrogens (tertiary/aromatic N) is 1. The zero-order chi connectivity index (χ0) is 53.7. The van der Waals surface area contributed by atoms with Gasteiger partial charge in [-0.3, -0.25) is 0 Å². The lowest BCUT2D eigenvalue weighted by Crippen LogP contribution is -2.75. The van der Waals surface area contributed by atoms with E-state index in [-0.39, 0.29) is 0 Å². The smallest absolute Gasteiger partial charge is 0.232 e. The van der Waals surface area contributed by atoms with Crippen LogP contribution in [0.3, 0.4) is 0 Å². The largest absolute Gasteiger partial charge is 0.416 e. The van der Waals surface area contributed by atoms with Crippen molar-refractivity contribution in [2.24, 2.45) is 0 Å². The zero-order valence-electron chi connectivity index (χ0n) is 34.6. The van der Waals surface area contributed by atoms with Crippen LogP contribution >= 0.6 is 0 Å². The predicted octanol–water partition coefficient (Wildman–Crippen LogP) is 13.3. The third kappa shape index (κ3) is 13.1. The summed E-state index contributed by atoms with van der Waals surface area (Å²) in [5, 5.41) is 0. The molecule has 0 atom stereocenters. The summed E-state index contributed by atoms with van der Waals surface area (Å²) in [5.41, 5.74) is -29.0. The summed E-state index contributed by atoms with van der Waals surface area (Å²) in [6.07, 6.45) is -51.1. The van der Waals surface area contributed by atoms with Gasteiger partial charge >= 0.3 is 49.4 Å². The lowest BCUT2D eigenvalue weighted by atomic mass is 9.12. The Morgan fingerprint density at radius 3 is 0.718 bits per heavy atom. The Labute approximate surface area is 382 Å². The van der Waals surface area contributed by atoms with Gasteiger partial charge in [-0.2, -0.15) is 127 Å². The Balaban J connectivity index is 0.000000569. The molecule has 71 heavy (non-hydrogen) atoms. The minimum atomic E-state index is -6.13. The van der Waals surface area contributed by atoms with Crippen LogP contribution in [0.2, 0.25) is 0 Å². The van der Waals surface area contributed by atoms with Crippen LogP contribution in [0.4, 0.5) is 105 Å². The van der Waals surface area contributed by atoms with Gasteiger partial charge in [0.15, 0.2) is 0 Å². The molecule has 0 aliphatic carbocycles. The molecule has 6 aromatic rings. The predicted molar refractivity (Wildman–Crippen MR) is 204 cm³/mol. The van der Waals surface area contributed by atoms with E-state index in [2.05, 4.69) is 6.92 Å². The van der Waals surface area contributed by atoms with Crippen LogP contribution in [0.5, 0.6) is 5.75 Å². The molecule has 0 saturated carbocycles. The Bertz CT molecular complexity index is 2400. The molecule has 27 heteroatoms. The van der Waals surface area contributed by atoms with Crippen molar-refractivity contribution in [2.75, 3.05) is 0 Å². The van der Waals surface area contributed by atoms with E-state index < -0.39 is 195 Å². The molecule has 5 aromatic carbocycles. The molecular weight excluding hydrogens is 1030 g/mol. The van der Waals surface area contributed by atoms with E-state index in [0.29, 0.717) is 0 Å². The molecule has 0 aliphatic heterocycles. The van der Waals surface area contributed by atoms with E-state index in [1.807, 2.05) is 54.9 Å². The first kappa shape index (κ1) is 55.4. The highest BCUT2D eigenvalue weighted by atomic mass is 19.4. The van der Waals surface area contributed by atoms with Crippen molar-refractivity contribution in [3.63, 3.8) is 0 Å². The van der Waals surface area contributed by atoms with Gasteiger partial charge in [0.1, 0.15) is 6.15 Å².